The van der Waals surface area contributed by atoms with E-state index in [1.54, 1.807) is 12.1 Å². The Morgan fingerprint density at radius 1 is 1.00 bits per heavy atom. The Labute approximate surface area is 142 Å². The Hall–Kier alpha value is -1.88. The van der Waals surface area contributed by atoms with E-state index in [-0.39, 0.29) is 11.8 Å². The highest BCUT2D eigenvalue weighted by Gasteiger charge is 2.40. The smallest absolute Gasteiger partial charge is 0.115 e. The van der Waals surface area contributed by atoms with Crippen molar-refractivity contribution in [3.63, 3.8) is 0 Å². The number of piperidine rings is 1. The Morgan fingerprint density at radius 2 is 1.71 bits per heavy atom. The second-order valence-electron chi connectivity index (χ2n) is 7.03. The minimum absolute atomic E-state index is 0.0297. The number of fused-ring (bicyclic) bond motifs is 1. The molecule has 2 atom stereocenters. The van der Waals surface area contributed by atoms with Gasteiger partial charge in [-0.15, -0.1) is 0 Å². The molecule has 4 heteroatoms. The third kappa shape index (κ3) is 2.61. The van der Waals surface area contributed by atoms with Crippen LogP contribution in [0.3, 0.4) is 0 Å². The lowest BCUT2D eigenvalue weighted by atomic mass is 9.84. The average Bonchev–Trinajstić information content (AvgIpc) is 2.92. The fourth-order valence-corrected chi connectivity index (χ4v) is 4.19. The third-order valence-electron chi connectivity index (χ3n) is 5.64. The van der Waals surface area contributed by atoms with Crippen LogP contribution in [0.5, 0.6) is 5.75 Å². The van der Waals surface area contributed by atoms with Gasteiger partial charge in [0.2, 0.25) is 0 Å². The molecule has 1 saturated heterocycles. The summed E-state index contributed by atoms with van der Waals surface area (Å²) in [6, 6.07) is 15.1. The zero-order valence-corrected chi connectivity index (χ0v) is 13.6. The van der Waals surface area contributed by atoms with E-state index < -0.39 is 11.7 Å². The van der Waals surface area contributed by atoms with Gasteiger partial charge in [0.05, 0.1) is 11.7 Å². The number of aromatic hydroxyl groups is 1. The molecule has 1 aliphatic carbocycles. The molecule has 2 aromatic rings. The van der Waals surface area contributed by atoms with Gasteiger partial charge in [-0.25, -0.2) is 0 Å². The fourth-order valence-electron chi connectivity index (χ4n) is 4.19. The predicted octanol–water partition coefficient (Wildman–Crippen LogP) is 2.33. The van der Waals surface area contributed by atoms with Gasteiger partial charge in [-0.2, -0.15) is 0 Å². The summed E-state index contributed by atoms with van der Waals surface area (Å²) in [6.07, 6.45) is 1.56. The molecular formula is C20H23NO3. The van der Waals surface area contributed by atoms with E-state index in [0.29, 0.717) is 12.8 Å². The van der Waals surface area contributed by atoms with Crippen molar-refractivity contribution in [2.75, 3.05) is 13.1 Å². The molecule has 1 fully saturated rings. The standard InChI is InChI=1S/C20H23NO3/c22-16-6-7-17-14(12-16)13-18(19(17)23)21-10-8-20(24,9-11-21)15-4-2-1-3-5-15/h1-7,12,18-19,22-24H,8-11,13H2/t18-,19+/m1/s1. The van der Waals surface area contributed by atoms with Crippen LogP contribution in [-0.2, 0) is 12.0 Å². The molecule has 2 aromatic carbocycles. The van der Waals surface area contributed by atoms with Gasteiger partial charge in [0.25, 0.3) is 0 Å². The number of hydrogen-bond acceptors (Lipinski definition) is 4. The number of likely N-dealkylation sites (tertiary alicyclic amines) is 1. The van der Waals surface area contributed by atoms with Crippen LogP contribution in [-0.4, -0.2) is 39.4 Å². The first-order valence-electron chi connectivity index (χ1n) is 8.59. The molecule has 4 rings (SSSR count). The van der Waals surface area contributed by atoms with Crippen LogP contribution in [0.15, 0.2) is 48.5 Å². The molecule has 126 valence electrons. The summed E-state index contributed by atoms with van der Waals surface area (Å²) in [5.41, 5.74) is 2.15. The Kier molecular flexibility index (Phi) is 3.83. The van der Waals surface area contributed by atoms with Crippen LogP contribution in [0.4, 0.5) is 0 Å². The number of rotatable bonds is 2. The summed E-state index contributed by atoms with van der Waals surface area (Å²) in [5.74, 6) is 0.249. The van der Waals surface area contributed by atoms with E-state index in [4.69, 9.17) is 0 Å². The summed E-state index contributed by atoms with van der Waals surface area (Å²) in [6.45, 7) is 1.51. The Bertz CT molecular complexity index is 723. The molecule has 0 amide bonds. The van der Waals surface area contributed by atoms with Gasteiger partial charge in [-0.3, -0.25) is 4.90 Å². The highest BCUT2D eigenvalue weighted by molar-refractivity contribution is 5.41. The molecule has 0 unspecified atom stereocenters. The van der Waals surface area contributed by atoms with Gasteiger partial charge in [0, 0.05) is 19.1 Å². The summed E-state index contributed by atoms with van der Waals surface area (Å²) in [7, 11) is 0. The number of aliphatic hydroxyl groups excluding tert-OH is 1. The van der Waals surface area contributed by atoms with E-state index >= 15 is 0 Å². The van der Waals surface area contributed by atoms with Crippen molar-refractivity contribution in [1.29, 1.82) is 0 Å². The van der Waals surface area contributed by atoms with Crippen molar-refractivity contribution < 1.29 is 15.3 Å². The highest BCUT2D eigenvalue weighted by Crippen LogP contribution is 2.40. The quantitative estimate of drug-likeness (QED) is 0.793. The molecular weight excluding hydrogens is 302 g/mol. The van der Waals surface area contributed by atoms with E-state index in [1.807, 2.05) is 36.4 Å². The molecule has 0 saturated carbocycles. The van der Waals surface area contributed by atoms with E-state index in [9.17, 15) is 15.3 Å². The van der Waals surface area contributed by atoms with Crippen LogP contribution in [0.1, 0.15) is 35.6 Å². The second-order valence-corrected chi connectivity index (χ2v) is 7.03. The van der Waals surface area contributed by atoms with Crippen molar-refractivity contribution in [3.8, 4) is 5.75 Å². The Balaban J connectivity index is 1.47. The summed E-state index contributed by atoms with van der Waals surface area (Å²) < 4.78 is 0. The summed E-state index contributed by atoms with van der Waals surface area (Å²) in [4.78, 5) is 2.28. The van der Waals surface area contributed by atoms with E-state index in [2.05, 4.69) is 4.90 Å². The lowest BCUT2D eigenvalue weighted by molar-refractivity contribution is -0.0502. The lowest BCUT2D eigenvalue weighted by Gasteiger charge is -2.42. The number of phenolic OH excluding ortho intramolecular Hbond substituents is 1. The zero-order valence-electron chi connectivity index (χ0n) is 13.6. The molecule has 3 N–H and O–H groups in total. The molecule has 0 spiro atoms. The lowest BCUT2D eigenvalue weighted by Crippen LogP contribution is -2.48. The number of nitrogens with zero attached hydrogens (tertiary/aromatic N) is 1. The first kappa shape index (κ1) is 15.6. The molecule has 0 aromatic heterocycles. The average molecular weight is 325 g/mol. The van der Waals surface area contributed by atoms with Crippen molar-refractivity contribution >= 4 is 0 Å². The molecule has 0 radical (unpaired) electrons. The molecule has 0 bridgehead atoms. The molecule has 1 aliphatic heterocycles. The first-order chi connectivity index (χ1) is 11.6. The maximum atomic E-state index is 11.0. The number of aliphatic hydroxyl groups is 2. The normalized spacial score (nSPS) is 26.2. The first-order valence-corrected chi connectivity index (χ1v) is 8.59. The van der Waals surface area contributed by atoms with E-state index in [1.165, 1.54) is 0 Å². The van der Waals surface area contributed by atoms with Crippen molar-refractivity contribution in [2.45, 2.75) is 37.0 Å². The molecule has 2 aliphatic rings. The van der Waals surface area contributed by atoms with Crippen LogP contribution < -0.4 is 0 Å². The second kappa shape index (κ2) is 5.88. The largest absolute Gasteiger partial charge is 0.508 e. The molecule has 24 heavy (non-hydrogen) atoms. The molecule has 4 nitrogen and oxygen atoms in total. The fraction of sp³-hybridized carbons (Fsp3) is 0.400. The van der Waals surface area contributed by atoms with Gasteiger partial charge >= 0.3 is 0 Å². The summed E-state index contributed by atoms with van der Waals surface area (Å²) >= 11 is 0. The van der Waals surface area contributed by atoms with Gasteiger partial charge in [0.15, 0.2) is 0 Å². The molecule has 1 heterocycles. The van der Waals surface area contributed by atoms with Crippen molar-refractivity contribution in [2.24, 2.45) is 0 Å². The third-order valence-corrected chi connectivity index (χ3v) is 5.64. The van der Waals surface area contributed by atoms with E-state index in [0.717, 1.165) is 36.2 Å². The van der Waals surface area contributed by atoms with Gasteiger partial charge in [0.1, 0.15) is 5.75 Å². The maximum Gasteiger partial charge on any atom is 0.115 e. The number of hydrogen-bond donors (Lipinski definition) is 3. The maximum absolute atomic E-state index is 11.0. The minimum Gasteiger partial charge on any atom is -0.508 e. The van der Waals surface area contributed by atoms with Crippen molar-refractivity contribution in [1.82, 2.24) is 4.90 Å². The van der Waals surface area contributed by atoms with Gasteiger partial charge in [-0.1, -0.05) is 36.4 Å². The SMILES string of the molecule is Oc1ccc2c(c1)C[C@@H](N1CCC(O)(c3ccccc3)CC1)[C@H]2O. The predicted molar refractivity (Wildman–Crippen MR) is 91.7 cm³/mol. The van der Waals surface area contributed by atoms with Crippen LogP contribution >= 0.6 is 0 Å². The van der Waals surface area contributed by atoms with Gasteiger partial charge < -0.3 is 15.3 Å². The van der Waals surface area contributed by atoms with Crippen molar-refractivity contribution in [3.05, 3.63) is 65.2 Å². The monoisotopic (exact) mass is 325 g/mol. The zero-order chi connectivity index (χ0) is 16.7. The Morgan fingerprint density at radius 3 is 2.42 bits per heavy atom. The summed E-state index contributed by atoms with van der Waals surface area (Å²) in [5, 5.41) is 31.2. The number of phenols is 1. The van der Waals surface area contributed by atoms with Crippen LogP contribution in [0.25, 0.3) is 0 Å². The van der Waals surface area contributed by atoms with Crippen LogP contribution in [0.2, 0.25) is 0 Å². The minimum atomic E-state index is -0.771. The topological polar surface area (TPSA) is 63.9 Å². The van der Waals surface area contributed by atoms with Gasteiger partial charge in [-0.05, 0) is 48.1 Å². The van der Waals surface area contributed by atoms with Crippen LogP contribution in [0, 0.1) is 0 Å². The highest BCUT2D eigenvalue weighted by atomic mass is 16.3. The number of benzene rings is 2.